The van der Waals surface area contributed by atoms with Crippen LogP contribution in [0.1, 0.15) is 29.2 Å². The Hall–Kier alpha value is -4.53. The summed E-state index contributed by atoms with van der Waals surface area (Å²) in [5.74, 6) is 0.607. The van der Waals surface area contributed by atoms with Crippen LogP contribution in [0.2, 0.25) is 0 Å². The van der Waals surface area contributed by atoms with Gasteiger partial charge in [0.1, 0.15) is 24.7 Å². The summed E-state index contributed by atoms with van der Waals surface area (Å²) in [6.45, 7) is 7.01. The second-order valence-electron chi connectivity index (χ2n) is 8.74. The van der Waals surface area contributed by atoms with Crippen LogP contribution in [0, 0.1) is 13.8 Å². The van der Waals surface area contributed by atoms with Gasteiger partial charge in [0.15, 0.2) is 0 Å². The number of hydrogen-bond donors (Lipinski definition) is 2. The van der Waals surface area contributed by atoms with Crippen molar-refractivity contribution in [3.8, 4) is 22.6 Å². The number of ether oxygens (including phenoxy) is 2. The van der Waals surface area contributed by atoms with Gasteiger partial charge >= 0.3 is 11.4 Å². The second kappa shape index (κ2) is 11.5. The number of amides is 1. The van der Waals surface area contributed by atoms with E-state index in [4.69, 9.17) is 14.0 Å². The number of rotatable bonds is 10. The molecule has 3 aromatic carbocycles. The average molecular weight is 504 g/mol. The molecular formula is C28H29N3O6. The number of benzene rings is 3. The average Bonchev–Trinajstić information content (AvgIpc) is 3.17. The van der Waals surface area contributed by atoms with Gasteiger partial charge in [0.05, 0.1) is 13.1 Å². The maximum absolute atomic E-state index is 11.6. The predicted octanol–water partition coefficient (Wildman–Crippen LogP) is 3.56. The third-order valence-electron chi connectivity index (χ3n) is 5.75. The number of aryl methyl sites for hydroxylation is 2. The van der Waals surface area contributed by atoms with Crippen molar-refractivity contribution in [1.82, 2.24) is 15.0 Å². The number of aromatic nitrogens is 2. The Labute approximate surface area is 213 Å². The van der Waals surface area contributed by atoms with Gasteiger partial charge in [0, 0.05) is 6.92 Å². The fourth-order valence-electron chi connectivity index (χ4n) is 4.12. The van der Waals surface area contributed by atoms with E-state index in [2.05, 4.69) is 36.3 Å². The van der Waals surface area contributed by atoms with E-state index in [1.807, 2.05) is 48.5 Å². The molecule has 0 aliphatic rings. The molecule has 4 rings (SSSR count). The van der Waals surface area contributed by atoms with Crippen molar-refractivity contribution in [3.63, 3.8) is 0 Å². The minimum absolute atomic E-state index is 0.0750. The van der Waals surface area contributed by atoms with Crippen molar-refractivity contribution in [2.24, 2.45) is 0 Å². The number of carbonyl (C=O) groups is 1. The predicted molar refractivity (Wildman–Crippen MR) is 139 cm³/mol. The summed E-state index contributed by atoms with van der Waals surface area (Å²) >= 11 is 0. The van der Waals surface area contributed by atoms with Crippen molar-refractivity contribution in [3.05, 3.63) is 104 Å². The topological polar surface area (TPSA) is 116 Å². The van der Waals surface area contributed by atoms with E-state index in [1.165, 1.54) is 6.92 Å². The molecule has 1 amide bonds. The van der Waals surface area contributed by atoms with E-state index in [0.717, 1.165) is 43.9 Å². The molecule has 9 nitrogen and oxygen atoms in total. The molecule has 0 atom stereocenters. The molecule has 9 heteroatoms. The molecule has 0 radical (unpaired) electrons. The van der Waals surface area contributed by atoms with Crippen LogP contribution in [0.5, 0.6) is 11.5 Å². The Morgan fingerprint density at radius 2 is 1.68 bits per heavy atom. The number of H-pyrrole nitrogens is 1. The molecule has 192 valence electrons. The minimum atomic E-state index is -0.777. The summed E-state index contributed by atoms with van der Waals surface area (Å²) in [5.41, 5.74) is 5.67. The van der Waals surface area contributed by atoms with E-state index < -0.39 is 11.4 Å². The first kappa shape index (κ1) is 25.6. The van der Waals surface area contributed by atoms with Gasteiger partial charge in [-0.2, -0.15) is 0 Å². The van der Waals surface area contributed by atoms with Crippen molar-refractivity contribution in [2.45, 2.75) is 33.9 Å². The van der Waals surface area contributed by atoms with Gasteiger partial charge in [-0.1, -0.05) is 30.3 Å². The lowest BCUT2D eigenvalue weighted by Gasteiger charge is -2.15. The first-order chi connectivity index (χ1) is 17.8. The fraction of sp³-hybridized carbons (Fsp3) is 0.250. The standard InChI is InChI=1S/C28H29N3O6/c1-18-13-25(35-12-11-29-20(3)32)14-19(2)26(18)23-6-4-5-22(15-23)17-36-24-9-7-21(8-10-24)16-31-27(33)30-28(34)37-31/h4-10,13-15H,11-12,16-17H2,1-3H3,(H,29,32)(H,30,33,34). The van der Waals surface area contributed by atoms with Crippen LogP contribution < -0.4 is 26.2 Å². The number of carbonyl (C=O) groups excluding carboxylic acids is 1. The summed E-state index contributed by atoms with van der Waals surface area (Å²) in [5, 5.41) is 2.72. The molecule has 0 saturated heterocycles. The first-order valence-corrected chi connectivity index (χ1v) is 11.9. The molecule has 4 aromatic rings. The zero-order valence-electron chi connectivity index (χ0n) is 21.0. The van der Waals surface area contributed by atoms with Gasteiger partial charge in [-0.05, 0) is 77.6 Å². The van der Waals surface area contributed by atoms with Gasteiger partial charge in [0.2, 0.25) is 5.91 Å². The maximum atomic E-state index is 11.6. The lowest BCUT2D eigenvalue weighted by atomic mass is 9.94. The molecule has 1 aromatic heterocycles. The van der Waals surface area contributed by atoms with Crippen LogP contribution in [-0.4, -0.2) is 28.8 Å². The summed E-state index contributed by atoms with van der Waals surface area (Å²) in [4.78, 5) is 35.8. The van der Waals surface area contributed by atoms with Gasteiger partial charge in [-0.15, -0.1) is 4.74 Å². The van der Waals surface area contributed by atoms with Gasteiger partial charge < -0.3 is 19.3 Å². The third kappa shape index (κ3) is 6.78. The number of nitrogens with zero attached hydrogens (tertiary/aromatic N) is 1. The molecule has 0 fully saturated rings. The zero-order valence-corrected chi connectivity index (χ0v) is 21.0. The largest absolute Gasteiger partial charge is 0.492 e. The summed E-state index contributed by atoms with van der Waals surface area (Å²) in [7, 11) is 0. The Morgan fingerprint density at radius 1 is 0.946 bits per heavy atom. The summed E-state index contributed by atoms with van der Waals surface area (Å²) in [6, 6.07) is 19.5. The van der Waals surface area contributed by atoms with Crippen molar-refractivity contribution < 1.29 is 18.8 Å². The SMILES string of the molecule is CC(=O)NCCOc1cc(C)c(-c2cccc(COc3ccc(Cn4oc(=O)[nH]c4=O)cc3)c2)c(C)c1. The van der Waals surface area contributed by atoms with Crippen LogP contribution in [0.4, 0.5) is 0 Å². The van der Waals surface area contributed by atoms with Crippen LogP contribution >= 0.6 is 0 Å². The Balaban J connectivity index is 1.39. The number of aromatic amines is 1. The molecule has 0 aliphatic heterocycles. The molecule has 0 aliphatic carbocycles. The highest BCUT2D eigenvalue weighted by molar-refractivity contribution is 5.73. The molecule has 0 bridgehead atoms. The first-order valence-electron chi connectivity index (χ1n) is 11.9. The van der Waals surface area contributed by atoms with Crippen molar-refractivity contribution in [2.75, 3.05) is 13.2 Å². The Bertz CT molecular complexity index is 1470. The number of hydrogen-bond acceptors (Lipinski definition) is 6. The highest BCUT2D eigenvalue weighted by Crippen LogP contribution is 2.31. The molecule has 2 N–H and O–H groups in total. The molecule has 0 spiro atoms. The maximum Gasteiger partial charge on any atom is 0.440 e. The van der Waals surface area contributed by atoms with E-state index in [1.54, 1.807) is 0 Å². The van der Waals surface area contributed by atoms with E-state index >= 15 is 0 Å². The van der Waals surface area contributed by atoms with Crippen LogP contribution in [0.25, 0.3) is 11.1 Å². The monoisotopic (exact) mass is 503 g/mol. The highest BCUT2D eigenvalue weighted by atomic mass is 16.5. The lowest BCUT2D eigenvalue weighted by molar-refractivity contribution is -0.119. The van der Waals surface area contributed by atoms with Crippen LogP contribution in [0.15, 0.2) is 74.8 Å². The van der Waals surface area contributed by atoms with E-state index in [-0.39, 0.29) is 12.5 Å². The smallest absolute Gasteiger partial charge is 0.440 e. The van der Waals surface area contributed by atoms with Gasteiger partial charge in [0.25, 0.3) is 0 Å². The Morgan fingerprint density at radius 3 is 2.32 bits per heavy atom. The molecule has 1 heterocycles. The van der Waals surface area contributed by atoms with E-state index in [9.17, 15) is 14.4 Å². The Kier molecular flexibility index (Phi) is 7.92. The van der Waals surface area contributed by atoms with Crippen LogP contribution in [-0.2, 0) is 17.9 Å². The van der Waals surface area contributed by atoms with Crippen LogP contribution in [0.3, 0.4) is 0 Å². The van der Waals surface area contributed by atoms with Gasteiger partial charge in [-0.25, -0.2) is 14.6 Å². The minimum Gasteiger partial charge on any atom is -0.492 e. The summed E-state index contributed by atoms with van der Waals surface area (Å²) in [6.07, 6.45) is 0. The number of nitrogens with one attached hydrogen (secondary N) is 2. The normalized spacial score (nSPS) is 10.8. The molecular weight excluding hydrogens is 474 g/mol. The van der Waals surface area contributed by atoms with E-state index in [0.29, 0.717) is 25.5 Å². The van der Waals surface area contributed by atoms with Crippen molar-refractivity contribution in [1.29, 1.82) is 0 Å². The third-order valence-corrected chi connectivity index (χ3v) is 5.75. The zero-order chi connectivity index (χ0) is 26.4. The fourth-order valence-corrected chi connectivity index (χ4v) is 4.12. The molecule has 0 unspecified atom stereocenters. The molecule has 0 saturated carbocycles. The quantitative estimate of drug-likeness (QED) is 0.320. The highest BCUT2D eigenvalue weighted by Gasteiger charge is 2.10. The lowest BCUT2D eigenvalue weighted by Crippen LogP contribution is -2.25. The molecule has 37 heavy (non-hydrogen) atoms. The van der Waals surface area contributed by atoms with Gasteiger partial charge in [-0.3, -0.25) is 4.79 Å². The summed E-state index contributed by atoms with van der Waals surface area (Å²) < 4.78 is 17.5. The second-order valence-corrected chi connectivity index (χ2v) is 8.74. The van der Waals surface area contributed by atoms with Crippen molar-refractivity contribution >= 4 is 5.91 Å².